The van der Waals surface area contributed by atoms with E-state index >= 15 is 0 Å². The highest BCUT2D eigenvalue weighted by molar-refractivity contribution is 6.30. The molecule has 1 fully saturated rings. The molecule has 2 N–H and O–H groups in total. The van der Waals surface area contributed by atoms with Gasteiger partial charge in [-0.2, -0.15) is 0 Å². The highest BCUT2D eigenvalue weighted by Gasteiger charge is 2.15. The van der Waals surface area contributed by atoms with Crippen molar-refractivity contribution >= 4 is 11.6 Å². The minimum Gasteiger partial charge on any atom is -0.491 e. The van der Waals surface area contributed by atoms with Gasteiger partial charge < -0.3 is 20.1 Å². The Balaban J connectivity index is 1.41. The van der Waals surface area contributed by atoms with Crippen LogP contribution >= 0.6 is 11.6 Å². The second kappa shape index (κ2) is 11.4. The Kier molecular flexibility index (Phi) is 8.62. The summed E-state index contributed by atoms with van der Waals surface area (Å²) in [6.45, 7) is 4.83. The summed E-state index contributed by atoms with van der Waals surface area (Å²) >= 11 is 5.93. The molecule has 1 atom stereocenters. The Bertz CT molecular complexity index is 702. The zero-order valence-electron chi connectivity index (χ0n) is 16.4. The molecule has 0 saturated carbocycles. The number of hydrogen-bond donors (Lipinski definition) is 2. The lowest BCUT2D eigenvalue weighted by Gasteiger charge is -2.28. The van der Waals surface area contributed by atoms with E-state index in [1.165, 1.54) is 24.8 Å². The Labute approximate surface area is 173 Å². The number of hydrogen-bond acceptors (Lipinski definition) is 4. The van der Waals surface area contributed by atoms with Crippen molar-refractivity contribution < 1.29 is 9.84 Å². The summed E-state index contributed by atoms with van der Waals surface area (Å²) in [7, 11) is 0. The summed E-state index contributed by atoms with van der Waals surface area (Å²) in [4.78, 5) is 2.34. The molecular formula is C23H31ClN2O2. The average Bonchev–Trinajstić information content (AvgIpc) is 2.72. The topological polar surface area (TPSA) is 44.7 Å². The zero-order chi connectivity index (χ0) is 19.6. The van der Waals surface area contributed by atoms with E-state index in [-0.39, 0.29) is 0 Å². The molecule has 5 heteroatoms. The first-order valence-electron chi connectivity index (χ1n) is 10.3. The van der Waals surface area contributed by atoms with Gasteiger partial charge in [-0.15, -0.1) is 0 Å². The van der Waals surface area contributed by atoms with Crippen LogP contribution in [0.4, 0.5) is 0 Å². The van der Waals surface area contributed by atoms with Gasteiger partial charge in [0.05, 0.1) is 0 Å². The fraction of sp³-hybridized carbons (Fsp3) is 0.478. The first-order chi connectivity index (χ1) is 13.7. The van der Waals surface area contributed by atoms with Crippen molar-refractivity contribution in [2.24, 2.45) is 0 Å². The quantitative estimate of drug-likeness (QED) is 0.591. The number of benzene rings is 2. The van der Waals surface area contributed by atoms with Gasteiger partial charge in [0.25, 0.3) is 0 Å². The molecule has 2 aromatic carbocycles. The third-order valence-electron chi connectivity index (χ3n) is 5.14. The van der Waals surface area contributed by atoms with Gasteiger partial charge in [0.1, 0.15) is 18.5 Å². The Morgan fingerprint density at radius 2 is 1.79 bits per heavy atom. The lowest BCUT2D eigenvalue weighted by Crippen LogP contribution is -2.38. The number of β-amino-alcohol motifs (C(OH)–C–C–N with tert-alkyl or cyclic N) is 1. The van der Waals surface area contributed by atoms with Crippen molar-refractivity contribution in [3.8, 4) is 5.75 Å². The number of aliphatic hydroxyl groups excluding tert-OH is 1. The summed E-state index contributed by atoms with van der Waals surface area (Å²) < 4.78 is 5.94. The van der Waals surface area contributed by atoms with Crippen LogP contribution in [0, 0.1) is 0 Å². The molecule has 0 spiro atoms. The van der Waals surface area contributed by atoms with Crippen molar-refractivity contribution in [3.05, 3.63) is 64.7 Å². The molecule has 1 heterocycles. The van der Waals surface area contributed by atoms with Gasteiger partial charge in [-0.05, 0) is 62.7 Å². The molecule has 1 saturated heterocycles. The van der Waals surface area contributed by atoms with E-state index in [0.29, 0.717) is 13.2 Å². The predicted molar refractivity (Wildman–Crippen MR) is 115 cm³/mol. The van der Waals surface area contributed by atoms with Gasteiger partial charge in [-0.3, -0.25) is 0 Å². The number of ether oxygens (including phenoxy) is 1. The molecule has 28 heavy (non-hydrogen) atoms. The van der Waals surface area contributed by atoms with E-state index in [1.807, 2.05) is 30.3 Å². The van der Waals surface area contributed by atoms with Crippen LogP contribution in [0.1, 0.15) is 30.4 Å². The minimum atomic E-state index is -0.455. The molecule has 3 rings (SSSR count). The number of rotatable bonds is 10. The van der Waals surface area contributed by atoms with Crippen LogP contribution < -0.4 is 10.1 Å². The summed E-state index contributed by atoms with van der Waals surface area (Å²) in [6.07, 6.45) is 4.27. The molecule has 0 unspecified atom stereocenters. The first-order valence-corrected chi connectivity index (χ1v) is 10.6. The van der Waals surface area contributed by atoms with Gasteiger partial charge in [0, 0.05) is 23.7 Å². The maximum absolute atomic E-state index is 10.3. The van der Waals surface area contributed by atoms with Crippen LogP contribution in [0.3, 0.4) is 0 Å². The normalized spacial score (nSPS) is 16.1. The van der Waals surface area contributed by atoms with E-state index in [1.54, 1.807) is 0 Å². The highest BCUT2D eigenvalue weighted by atomic mass is 35.5. The molecule has 0 radical (unpaired) electrons. The van der Waals surface area contributed by atoms with E-state index in [4.69, 9.17) is 16.3 Å². The van der Waals surface area contributed by atoms with Crippen molar-refractivity contribution in [1.82, 2.24) is 10.2 Å². The molecule has 0 bridgehead atoms. The maximum Gasteiger partial charge on any atom is 0.123 e. The monoisotopic (exact) mass is 402 g/mol. The van der Waals surface area contributed by atoms with E-state index in [0.717, 1.165) is 48.9 Å². The average molecular weight is 403 g/mol. The fourth-order valence-corrected chi connectivity index (χ4v) is 3.70. The smallest absolute Gasteiger partial charge is 0.123 e. The van der Waals surface area contributed by atoms with Gasteiger partial charge >= 0.3 is 0 Å². The Hall–Kier alpha value is -1.59. The second-order valence-corrected chi connectivity index (χ2v) is 7.92. The first kappa shape index (κ1) is 21.1. The van der Waals surface area contributed by atoms with Gasteiger partial charge in [-0.25, -0.2) is 0 Å². The molecule has 0 aromatic heterocycles. The van der Waals surface area contributed by atoms with Crippen molar-refractivity contribution in [1.29, 1.82) is 0 Å². The molecule has 1 aliphatic rings. The van der Waals surface area contributed by atoms with Crippen molar-refractivity contribution in [2.45, 2.75) is 38.3 Å². The van der Waals surface area contributed by atoms with Gasteiger partial charge in [0.15, 0.2) is 0 Å². The van der Waals surface area contributed by atoms with Crippen LogP contribution in [-0.2, 0) is 13.0 Å². The fourth-order valence-electron chi connectivity index (χ4n) is 3.58. The van der Waals surface area contributed by atoms with Gasteiger partial charge in [-0.1, -0.05) is 48.4 Å². The van der Waals surface area contributed by atoms with Crippen molar-refractivity contribution in [2.75, 3.05) is 32.8 Å². The Morgan fingerprint density at radius 3 is 2.57 bits per heavy atom. The van der Waals surface area contributed by atoms with E-state index < -0.39 is 6.10 Å². The molecule has 0 aliphatic carbocycles. The number of halogens is 1. The molecule has 4 nitrogen and oxygen atoms in total. The lowest BCUT2D eigenvalue weighted by molar-refractivity contribution is 0.0614. The molecule has 0 amide bonds. The molecule has 2 aromatic rings. The number of piperidine rings is 1. The van der Waals surface area contributed by atoms with E-state index in [2.05, 4.69) is 28.4 Å². The summed E-state index contributed by atoms with van der Waals surface area (Å²) in [5, 5.41) is 14.6. The maximum atomic E-state index is 10.3. The highest BCUT2D eigenvalue weighted by Crippen LogP contribution is 2.18. The van der Waals surface area contributed by atoms with Gasteiger partial charge in [0.2, 0.25) is 0 Å². The summed E-state index contributed by atoms with van der Waals surface area (Å²) in [5.74, 6) is 0.846. The number of nitrogens with zero attached hydrogens (tertiary/aromatic N) is 1. The number of nitrogens with one attached hydrogen (secondary N) is 1. The third-order valence-corrected chi connectivity index (χ3v) is 5.39. The zero-order valence-corrected chi connectivity index (χ0v) is 17.2. The standard InChI is InChI=1S/C23H31ClN2O2/c24-21-10-8-19(9-11-21)12-13-25-16-20-6-2-3-7-23(20)28-18-22(27)17-26-14-4-1-5-15-26/h2-3,6-11,22,25,27H,1,4-5,12-18H2/t22-/m0/s1. The van der Waals surface area contributed by atoms with E-state index in [9.17, 15) is 5.11 Å². The molecule has 1 aliphatic heterocycles. The van der Waals surface area contributed by atoms with Crippen LogP contribution in [-0.4, -0.2) is 48.9 Å². The SMILES string of the molecule is O[C@H](COc1ccccc1CNCCc1ccc(Cl)cc1)CN1CCCCC1. The predicted octanol–water partition coefficient (Wildman–Crippen LogP) is 3.90. The van der Waals surface area contributed by atoms with Crippen LogP contribution in [0.15, 0.2) is 48.5 Å². The van der Waals surface area contributed by atoms with Crippen molar-refractivity contribution in [3.63, 3.8) is 0 Å². The van der Waals surface area contributed by atoms with Crippen LogP contribution in [0.5, 0.6) is 5.75 Å². The number of likely N-dealkylation sites (tertiary alicyclic amines) is 1. The minimum absolute atomic E-state index is 0.332. The number of para-hydroxylation sites is 1. The van der Waals surface area contributed by atoms with Crippen LogP contribution in [0.2, 0.25) is 5.02 Å². The third kappa shape index (κ3) is 7.10. The lowest BCUT2D eigenvalue weighted by atomic mass is 10.1. The van der Waals surface area contributed by atoms with Crippen LogP contribution in [0.25, 0.3) is 0 Å². The summed E-state index contributed by atoms with van der Waals surface area (Å²) in [6, 6.07) is 16.0. The largest absolute Gasteiger partial charge is 0.491 e. The molecule has 152 valence electrons. The Morgan fingerprint density at radius 1 is 1.04 bits per heavy atom. The second-order valence-electron chi connectivity index (χ2n) is 7.49. The summed E-state index contributed by atoms with van der Waals surface area (Å²) in [5.41, 5.74) is 2.38. The number of aliphatic hydroxyl groups is 1. The molecular weight excluding hydrogens is 372 g/mol.